The molecule has 1 aromatic heterocycles. The van der Waals surface area contributed by atoms with Gasteiger partial charge < -0.3 is 15.2 Å². The van der Waals surface area contributed by atoms with Crippen LogP contribution in [0.3, 0.4) is 0 Å². The Bertz CT molecular complexity index is 446. The molecule has 0 bridgehead atoms. The van der Waals surface area contributed by atoms with E-state index >= 15 is 0 Å². The third kappa shape index (κ3) is 3.69. The summed E-state index contributed by atoms with van der Waals surface area (Å²) in [6.45, 7) is 1.20. The van der Waals surface area contributed by atoms with Crippen molar-refractivity contribution in [3.05, 3.63) is 6.33 Å². The first-order chi connectivity index (χ1) is 7.84. The van der Waals surface area contributed by atoms with Crippen molar-refractivity contribution in [2.75, 3.05) is 32.9 Å². The van der Waals surface area contributed by atoms with Crippen LogP contribution in [0.15, 0.2) is 11.4 Å². The zero-order valence-electron chi connectivity index (χ0n) is 10.3. The number of nitrogens with one attached hydrogen (secondary N) is 1. The van der Waals surface area contributed by atoms with Crippen molar-refractivity contribution in [3.8, 4) is 0 Å². The maximum absolute atomic E-state index is 11.9. The van der Waals surface area contributed by atoms with E-state index in [4.69, 9.17) is 5.73 Å². The van der Waals surface area contributed by atoms with Crippen LogP contribution in [0.1, 0.15) is 6.42 Å². The highest BCUT2D eigenvalue weighted by atomic mass is 32.2. The molecule has 0 aliphatic rings. The molecular formula is C9H19N5O2S. The minimum absolute atomic E-state index is 0.0161. The molecule has 0 fully saturated rings. The van der Waals surface area contributed by atoms with E-state index in [9.17, 15) is 8.42 Å². The number of aromatic nitrogens is 2. The Labute approximate surface area is 102 Å². The highest BCUT2D eigenvalue weighted by Gasteiger charge is 2.21. The molecule has 0 radical (unpaired) electrons. The summed E-state index contributed by atoms with van der Waals surface area (Å²) in [5.74, 6) is 0.0209. The van der Waals surface area contributed by atoms with Crippen LogP contribution in [0.5, 0.6) is 0 Å². The molecule has 8 heteroatoms. The Morgan fingerprint density at radius 2 is 2.18 bits per heavy atom. The number of hydrogen-bond donors (Lipinski definition) is 2. The fourth-order valence-electron chi connectivity index (χ4n) is 1.43. The molecule has 1 rings (SSSR count). The van der Waals surface area contributed by atoms with Crippen LogP contribution < -0.4 is 10.5 Å². The lowest BCUT2D eigenvalue weighted by Crippen LogP contribution is -2.29. The van der Waals surface area contributed by atoms with Crippen LogP contribution in [0.25, 0.3) is 0 Å². The van der Waals surface area contributed by atoms with E-state index < -0.39 is 10.0 Å². The Kier molecular flexibility index (Phi) is 4.49. The molecule has 0 aliphatic heterocycles. The maximum atomic E-state index is 11.9. The molecule has 0 aromatic carbocycles. The van der Waals surface area contributed by atoms with E-state index in [1.54, 1.807) is 7.05 Å². The Hall–Kier alpha value is -1.12. The molecule has 0 amide bonds. The molecule has 98 valence electrons. The van der Waals surface area contributed by atoms with E-state index in [1.165, 1.54) is 10.9 Å². The zero-order chi connectivity index (χ0) is 13.1. The van der Waals surface area contributed by atoms with E-state index in [-0.39, 0.29) is 10.8 Å². The number of hydrogen-bond acceptors (Lipinski definition) is 5. The average Bonchev–Trinajstić information content (AvgIpc) is 2.53. The molecular weight excluding hydrogens is 242 g/mol. The smallest absolute Gasteiger partial charge is 0.260 e. The van der Waals surface area contributed by atoms with Gasteiger partial charge in [0.25, 0.3) is 10.0 Å². The van der Waals surface area contributed by atoms with Gasteiger partial charge in [-0.1, -0.05) is 0 Å². The molecule has 0 atom stereocenters. The largest absolute Gasteiger partial charge is 0.381 e. The van der Waals surface area contributed by atoms with E-state index in [1.807, 2.05) is 19.0 Å². The summed E-state index contributed by atoms with van der Waals surface area (Å²) in [7, 11) is 1.90. The van der Waals surface area contributed by atoms with Crippen molar-refractivity contribution in [1.29, 1.82) is 0 Å². The van der Waals surface area contributed by atoms with Crippen LogP contribution in [0.2, 0.25) is 0 Å². The van der Waals surface area contributed by atoms with Gasteiger partial charge in [0.05, 0.1) is 6.33 Å². The molecule has 7 nitrogen and oxygen atoms in total. The van der Waals surface area contributed by atoms with Crippen molar-refractivity contribution in [1.82, 2.24) is 19.2 Å². The summed E-state index contributed by atoms with van der Waals surface area (Å²) >= 11 is 0. The molecule has 0 saturated carbocycles. The second kappa shape index (κ2) is 5.48. The fourth-order valence-corrected chi connectivity index (χ4v) is 2.74. The van der Waals surface area contributed by atoms with E-state index in [0.717, 1.165) is 13.0 Å². The number of sulfonamides is 1. The summed E-state index contributed by atoms with van der Waals surface area (Å²) in [4.78, 5) is 5.75. The Morgan fingerprint density at radius 1 is 1.53 bits per heavy atom. The van der Waals surface area contributed by atoms with Crippen LogP contribution in [-0.2, 0) is 17.1 Å². The van der Waals surface area contributed by atoms with Crippen LogP contribution >= 0.6 is 0 Å². The molecule has 0 spiro atoms. The van der Waals surface area contributed by atoms with Gasteiger partial charge in [0.15, 0.2) is 10.8 Å². The predicted molar refractivity (Wildman–Crippen MR) is 66.0 cm³/mol. The van der Waals surface area contributed by atoms with Crippen molar-refractivity contribution >= 4 is 15.8 Å². The first-order valence-corrected chi connectivity index (χ1v) is 6.74. The van der Waals surface area contributed by atoms with Gasteiger partial charge in [0.2, 0.25) is 0 Å². The van der Waals surface area contributed by atoms with Crippen LogP contribution in [-0.4, -0.2) is 50.1 Å². The minimum atomic E-state index is -3.57. The lowest BCUT2D eigenvalue weighted by Gasteiger charge is -2.10. The van der Waals surface area contributed by atoms with Gasteiger partial charge in [-0.25, -0.2) is 18.1 Å². The van der Waals surface area contributed by atoms with Gasteiger partial charge in [-0.15, -0.1) is 0 Å². The quantitative estimate of drug-likeness (QED) is 0.656. The van der Waals surface area contributed by atoms with Crippen molar-refractivity contribution < 1.29 is 8.42 Å². The van der Waals surface area contributed by atoms with Crippen LogP contribution in [0, 0.1) is 0 Å². The molecule has 3 N–H and O–H groups in total. The van der Waals surface area contributed by atoms with Gasteiger partial charge in [-0.05, 0) is 27.1 Å². The van der Waals surface area contributed by atoms with Crippen molar-refractivity contribution in [2.24, 2.45) is 7.05 Å². The van der Waals surface area contributed by atoms with Gasteiger partial charge in [0, 0.05) is 13.6 Å². The second-order valence-electron chi connectivity index (χ2n) is 4.10. The summed E-state index contributed by atoms with van der Waals surface area (Å²) in [6, 6.07) is 0. The fraction of sp³-hybridized carbons (Fsp3) is 0.667. The van der Waals surface area contributed by atoms with Crippen molar-refractivity contribution in [2.45, 2.75) is 11.4 Å². The number of rotatable bonds is 6. The highest BCUT2D eigenvalue weighted by Crippen LogP contribution is 2.14. The molecule has 0 saturated heterocycles. The van der Waals surface area contributed by atoms with E-state index in [2.05, 4.69) is 9.71 Å². The summed E-state index contributed by atoms with van der Waals surface area (Å²) in [5.41, 5.74) is 5.52. The molecule has 1 aromatic rings. The number of imidazole rings is 1. The molecule has 0 aliphatic carbocycles. The Balaban J connectivity index is 2.64. The minimum Gasteiger partial charge on any atom is -0.381 e. The van der Waals surface area contributed by atoms with Crippen LogP contribution in [0.4, 0.5) is 5.82 Å². The SMILES string of the molecule is CN(C)CCCNS(=O)(=O)c1c(N)ncn1C. The zero-order valence-corrected chi connectivity index (χ0v) is 11.2. The normalized spacial score (nSPS) is 12.2. The topological polar surface area (TPSA) is 93.2 Å². The number of anilines is 1. The van der Waals surface area contributed by atoms with Gasteiger partial charge in [-0.3, -0.25) is 0 Å². The lowest BCUT2D eigenvalue weighted by atomic mass is 10.4. The monoisotopic (exact) mass is 261 g/mol. The third-order valence-corrected chi connectivity index (χ3v) is 3.83. The third-order valence-electron chi connectivity index (χ3n) is 2.24. The number of nitrogens with zero attached hydrogens (tertiary/aromatic N) is 3. The predicted octanol–water partition coefficient (Wildman–Crippen LogP) is -0.768. The first-order valence-electron chi connectivity index (χ1n) is 5.26. The maximum Gasteiger partial charge on any atom is 0.260 e. The Morgan fingerprint density at radius 3 is 2.65 bits per heavy atom. The molecule has 17 heavy (non-hydrogen) atoms. The average molecular weight is 261 g/mol. The number of aryl methyl sites for hydroxylation is 1. The molecule has 1 heterocycles. The van der Waals surface area contributed by atoms with Gasteiger partial charge >= 0.3 is 0 Å². The van der Waals surface area contributed by atoms with Gasteiger partial charge in [0.1, 0.15) is 0 Å². The molecule has 0 unspecified atom stereocenters. The summed E-state index contributed by atoms with van der Waals surface area (Å²) in [5, 5.41) is 0.0161. The lowest BCUT2D eigenvalue weighted by molar-refractivity contribution is 0.400. The van der Waals surface area contributed by atoms with Crippen molar-refractivity contribution in [3.63, 3.8) is 0 Å². The number of nitrogens with two attached hydrogens (primary N) is 1. The number of nitrogen functional groups attached to an aromatic ring is 1. The summed E-state index contributed by atoms with van der Waals surface area (Å²) < 4.78 is 27.7. The van der Waals surface area contributed by atoms with Gasteiger partial charge in [-0.2, -0.15) is 0 Å². The van der Waals surface area contributed by atoms with E-state index in [0.29, 0.717) is 6.54 Å². The second-order valence-corrected chi connectivity index (χ2v) is 5.78. The summed E-state index contributed by atoms with van der Waals surface area (Å²) in [6.07, 6.45) is 2.12. The highest BCUT2D eigenvalue weighted by molar-refractivity contribution is 7.89. The standard InChI is InChI=1S/C9H19N5O2S/c1-13(2)6-4-5-12-17(15,16)9-8(10)11-7-14(9)3/h7,12H,4-6,10H2,1-3H3. The first kappa shape index (κ1) is 13.9.